The van der Waals surface area contributed by atoms with Gasteiger partial charge in [-0.05, 0) is 29.8 Å². The van der Waals surface area contributed by atoms with Crippen LogP contribution in [0.25, 0.3) is 0 Å². The first kappa shape index (κ1) is 18.1. The molecule has 26 heavy (non-hydrogen) atoms. The number of nitrogens with zero attached hydrogens (tertiary/aromatic N) is 3. The van der Waals surface area contributed by atoms with Crippen molar-refractivity contribution in [3.8, 4) is 5.75 Å². The molecule has 0 bridgehead atoms. The Balaban J connectivity index is 1.66. The van der Waals surface area contributed by atoms with E-state index in [1.807, 2.05) is 18.2 Å². The Morgan fingerprint density at radius 2 is 2.19 bits per heavy atom. The zero-order chi connectivity index (χ0) is 18.4. The summed E-state index contributed by atoms with van der Waals surface area (Å²) in [5.41, 5.74) is 2.27. The molecule has 8 nitrogen and oxygen atoms in total. The Hall–Kier alpha value is -2.71. The molecule has 0 saturated carbocycles. The second-order valence-electron chi connectivity index (χ2n) is 6.06. The quantitative estimate of drug-likeness (QED) is 0.447. The van der Waals surface area contributed by atoms with Gasteiger partial charge in [0.25, 0.3) is 0 Å². The molecule has 1 fully saturated rings. The standard InChI is InChI=1S/C18H22N4O4/c1-21-16(5-6-19-21)18(23)26-20-12-14-3-4-17(24-2)15(11-14)13-22-7-9-25-10-8-22/h3-6,11-12H,7-10,13H2,1-2H3/p+1/b20-12-. The lowest BCUT2D eigenvalue weighted by molar-refractivity contribution is -0.921. The minimum atomic E-state index is -0.548. The Morgan fingerprint density at radius 1 is 1.38 bits per heavy atom. The van der Waals surface area contributed by atoms with Crippen LogP contribution in [0, 0.1) is 0 Å². The lowest BCUT2D eigenvalue weighted by Crippen LogP contribution is -3.12. The number of carbonyl (C=O) groups excluding carboxylic acids is 1. The Morgan fingerprint density at radius 3 is 2.88 bits per heavy atom. The maximum absolute atomic E-state index is 11.9. The van der Waals surface area contributed by atoms with Crippen molar-refractivity contribution in [1.29, 1.82) is 0 Å². The van der Waals surface area contributed by atoms with Crippen molar-refractivity contribution in [3.05, 3.63) is 47.3 Å². The summed E-state index contributed by atoms with van der Waals surface area (Å²) < 4.78 is 12.3. The number of hydrogen-bond acceptors (Lipinski definition) is 6. The summed E-state index contributed by atoms with van der Waals surface area (Å²) in [5, 5.41) is 7.73. The average molecular weight is 359 g/mol. The molecule has 3 rings (SSSR count). The fraction of sp³-hybridized carbons (Fsp3) is 0.389. The minimum absolute atomic E-state index is 0.341. The topological polar surface area (TPSA) is 79.4 Å². The van der Waals surface area contributed by atoms with Crippen LogP contribution in [0.2, 0.25) is 0 Å². The van der Waals surface area contributed by atoms with Crippen molar-refractivity contribution in [3.63, 3.8) is 0 Å². The second kappa shape index (κ2) is 8.59. The van der Waals surface area contributed by atoms with E-state index in [0.29, 0.717) is 5.69 Å². The van der Waals surface area contributed by atoms with Crippen molar-refractivity contribution < 1.29 is 24.0 Å². The van der Waals surface area contributed by atoms with Gasteiger partial charge in [-0.25, -0.2) is 4.79 Å². The third-order valence-electron chi connectivity index (χ3n) is 4.31. The zero-order valence-corrected chi connectivity index (χ0v) is 15.0. The number of aromatic nitrogens is 2. The number of quaternary nitrogens is 1. The van der Waals surface area contributed by atoms with Crippen molar-refractivity contribution in [2.75, 3.05) is 33.4 Å². The molecule has 1 aromatic heterocycles. The van der Waals surface area contributed by atoms with Gasteiger partial charge < -0.3 is 19.2 Å². The Labute approximate surface area is 151 Å². The smallest absolute Gasteiger partial charge is 0.383 e. The highest BCUT2D eigenvalue weighted by atomic mass is 16.7. The first-order valence-electron chi connectivity index (χ1n) is 8.48. The molecular formula is C18H23N4O4+. The lowest BCUT2D eigenvalue weighted by Gasteiger charge is -2.24. The van der Waals surface area contributed by atoms with Gasteiger partial charge in [-0.1, -0.05) is 5.16 Å². The Bertz CT molecular complexity index is 781. The highest BCUT2D eigenvalue weighted by Gasteiger charge is 2.17. The fourth-order valence-electron chi connectivity index (χ4n) is 2.88. The van der Waals surface area contributed by atoms with Gasteiger partial charge in [-0.2, -0.15) is 5.10 Å². The molecular weight excluding hydrogens is 336 g/mol. The highest BCUT2D eigenvalue weighted by molar-refractivity contribution is 5.88. The first-order valence-corrected chi connectivity index (χ1v) is 8.48. The van der Waals surface area contributed by atoms with Crippen LogP contribution in [-0.2, 0) is 23.2 Å². The maximum Gasteiger partial charge on any atom is 0.383 e. The molecule has 8 heteroatoms. The van der Waals surface area contributed by atoms with Crippen molar-refractivity contribution in [2.24, 2.45) is 12.2 Å². The van der Waals surface area contributed by atoms with E-state index in [1.54, 1.807) is 20.2 Å². The molecule has 1 aliphatic heterocycles. The van der Waals surface area contributed by atoms with Crippen molar-refractivity contribution in [2.45, 2.75) is 6.54 Å². The average Bonchev–Trinajstić information content (AvgIpc) is 3.09. The third-order valence-corrected chi connectivity index (χ3v) is 4.31. The fourth-order valence-corrected chi connectivity index (χ4v) is 2.88. The van der Waals surface area contributed by atoms with Gasteiger partial charge in [0.2, 0.25) is 0 Å². The van der Waals surface area contributed by atoms with Crippen LogP contribution >= 0.6 is 0 Å². The second-order valence-corrected chi connectivity index (χ2v) is 6.06. The van der Waals surface area contributed by atoms with Crippen molar-refractivity contribution in [1.82, 2.24) is 9.78 Å². The molecule has 2 aromatic rings. The van der Waals surface area contributed by atoms with E-state index in [0.717, 1.165) is 49.7 Å². The molecule has 0 radical (unpaired) electrons. The van der Waals surface area contributed by atoms with E-state index in [1.165, 1.54) is 22.0 Å². The SMILES string of the molecule is COc1ccc(/C=N\OC(=O)c2ccnn2C)cc1C[NH+]1CCOCC1. The first-order chi connectivity index (χ1) is 12.7. The molecule has 1 aromatic carbocycles. The van der Waals surface area contributed by atoms with Crippen LogP contribution < -0.4 is 9.64 Å². The molecule has 1 N–H and O–H groups in total. The van der Waals surface area contributed by atoms with Crippen LogP contribution in [0.15, 0.2) is 35.6 Å². The van der Waals surface area contributed by atoms with E-state index in [-0.39, 0.29) is 0 Å². The van der Waals surface area contributed by atoms with Gasteiger partial charge in [0.15, 0.2) is 0 Å². The molecule has 0 spiro atoms. The predicted molar refractivity (Wildman–Crippen MR) is 94.4 cm³/mol. The maximum atomic E-state index is 11.9. The van der Waals surface area contributed by atoms with Gasteiger partial charge in [-0.15, -0.1) is 0 Å². The largest absolute Gasteiger partial charge is 0.496 e. The summed E-state index contributed by atoms with van der Waals surface area (Å²) in [6.07, 6.45) is 3.05. The number of methoxy groups -OCH3 is 1. The van der Waals surface area contributed by atoms with Gasteiger partial charge >= 0.3 is 5.97 Å². The van der Waals surface area contributed by atoms with E-state index >= 15 is 0 Å². The number of rotatable bonds is 6. The minimum Gasteiger partial charge on any atom is -0.496 e. The Kier molecular flexibility index (Phi) is 5.98. The van der Waals surface area contributed by atoms with Crippen LogP contribution in [0.5, 0.6) is 5.75 Å². The van der Waals surface area contributed by atoms with Gasteiger partial charge in [0, 0.05) is 18.8 Å². The molecule has 1 saturated heterocycles. The summed E-state index contributed by atoms with van der Waals surface area (Å²) in [5.74, 6) is 0.292. The number of aryl methyl sites for hydroxylation is 1. The van der Waals surface area contributed by atoms with Crippen LogP contribution in [-0.4, -0.2) is 55.4 Å². The van der Waals surface area contributed by atoms with Crippen LogP contribution in [0.3, 0.4) is 0 Å². The molecule has 0 amide bonds. The summed E-state index contributed by atoms with van der Waals surface area (Å²) in [6, 6.07) is 7.36. The third kappa shape index (κ3) is 4.47. The monoisotopic (exact) mass is 359 g/mol. The number of morpholine rings is 1. The highest BCUT2D eigenvalue weighted by Crippen LogP contribution is 2.18. The number of nitrogens with one attached hydrogen (secondary N) is 1. The number of oxime groups is 1. The molecule has 2 heterocycles. The molecule has 0 atom stereocenters. The van der Waals surface area contributed by atoms with Gasteiger partial charge in [0.05, 0.1) is 26.5 Å². The van der Waals surface area contributed by atoms with Crippen molar-refractivity contribution >= 4 is 12.2 Å². The van der Waals surface area contributed by atoms with Gasteiger partial charge in [-0.3, -0.25) is 4.68 Å². The van der Waals surface area contributed by atoms with Gasteiger partial charge in [0.1, 0.15) is 31.1 Å². The molecule has 138 valence electrons. The van der Waals surface area contributed by atoms with E-state index < -0.39 is 5.97 Å². The lowest BCUT2D eigenvalue weighted by atomic mass is 10.1. The van der Waals surface area contributed by atoms with E-state index in [2.05, 4.69) is 10.3 Å². The number of benzene rings is 1. The van der Waals surface area contributed by atoms with E-state index in [4.69, 9.17) is 14.3 Å². The summed E-state index contributed by atoms with van der Waals surface area (Å²) in [6.45, 7) is 4.36. The zero-order valence-electron chi connectivity index (χ0n) is 15.0. The summed E-state index contributed by atoms with van der Waals surface area (Å²) >= 11 is 0. The van der Waals surface area contributed by atoms with Crippen LogP contribution in [0.4, 0.5) is 0 Å². The van der Waals surface area contributed by atoms with E-state index in [9.17, 15) is 4.79 Å². The number of ether oxygens (including phenoxy) is 2. The number of carbonyl (C=O) groups is 1. The van der Waals surface area contributed by atoms with Crippen LogP contribution in [0.1, 0.15) is 21.6 Å². The number of hydrogen-bond donors (Lipinski definition) is 1. The molecule has 1 aliphatic rings. The normalized spacial score (nSPS) is 15.3. The predicted octanol–water partition coefficient (Wildman–Crippen LogP) is 0.0347. The molecule has 0 unspecified atom stereocenters. The summed E-state index contributed by atoms with van der Waals surface area (Å²) in [4.78, 5) is 18.3. The molecule has 0 aliphatic carbocycles. The summed E-state index contributed by atoms with van der Waals surface area (Å²) in [7, 11) is 3.33.